The van der Waals surface area contributed by atoms with Gasteiger partial charge in [-0.1, -0.05) is 94.8 Å². The second kappa shape index (κ2) is 21.5. The molecule has 16 nitrogen and oxygen atoms in total. The number of aliphatic carboxylic acids is 1. The topological polar surface area (TPSA) is 265 Å². The molecule has 5 amide bonds. The number of aromatic amines is 1. The van der Waals surface area contributed by atoms with Gasteiger partial charge >= 0.3 is 5.97 Å². The van der Waals surface area contributed by atoms with Gasteiger partial charge in [-0.2, -0.15) is 0 Å². The standard InChI is InChI=1S/C43H55N7O9/c1-5-25(4)37(50-39(54)32(19-26-11-7-6-8-12-26)46-40(55)35(23-51)49-41(56)36(44)24(2)3)42(57)47-33(21-28-22-45-31-14-10-9-13-30(28)31)38(53)48-34(43(58)59)20-27-15-17-29(52)18-16-27/h6-18,22,24-25,32-37,45,51-52H,5,19-21,23,44H2,1-4H3,(H,46,55)(H,47,57)(H,48,53)(H,49,56)(H,50,54)(H,58,59)/t25-,32-,33-,34-,35-,36-,37-/m0/s1. The van der Waals surface area contributed by atoms with E-state index in [1.165, 1.54) is 24.3 Å². The van der Waals surface area contributed by atoms with Crippen LogP contribution in [0.4, 0.5) is 0 Å². The Labute approximate surface area is 342 Å². The minimum atomic E-state index is -1.43. The second-order valence-corrected chi connectivity index (χ2v) is 15.0. The summed E-state index contributed by atoms with van der Waals surface area (Å²) in [5.74, 6) is -5.85. The number of aliphatic hydroxyl groups excluding tert-OH is 1. The van der Waals surface area contributed by atoms with Gasteiger partial charge in [0, 0.05) is 36.4 Å². The highest BCUT2D eigenvalue weighted by molar-refractivity contribution is 5.97. The minimum Gasteiger partial charge on any atom is -0.508 e. The Kier molecular flexibility index (Phi) is 16.5. The van der Waals surface area contributed by atoms with Gasteiger partial charge in [0.25, 0.3) is 0 Å². The molecule has 0 unspecified atom stereocenters. The van der Waals surface area contributed by atoms with E-state index < -0.39 is 84.3 Å². The zero-order valence-corrected chi connectivity index (χ0v) is 33.6. The quantitative estimate of drug-likeness (QED) is 0.0579. The molecule has 0 spiro atoms. The van der Waals surface area contributed by atoms with Crippen molar-refractivity contribution in [3.05, 3.63) is 102 Å². The predicted octanol–water partition coefficient (Wildman–Crippen LogP) is 1.43. The van der Waals surface area contributed by atoms with Gasteiger partial charge in [0.2, 0.25) is 29.5 Å². The number of hydrogen-bond donors (Lipinski definition) is 10. The van der Waals surface area contributed by atoms with Crippen molar-refractivity contribution in [1.82, 2.24) is 31.6 Å². The van der Waals surface area contributed by atoms with E-state index in [0.29, 0.717) is 23.1 Å². The Balaban J connectivity index is 1.61. The number of carboxylic acids is 1. The van der Waals surface area contributed by atoms with Gasteiger partial charge in [-0.25, -0.2) is 4.79 Å². The highest BCUT2D eigenvalue weighted by Gasteiger charge is 2.35. The molecule has 0 aliphatic heterocycles. The normalized spacial score (nSPS) is 14.8. The fraction of sp³-hybridized carbons (Fsp3) is 0.395. The fourth-order valence-corrected chi connectivity index (χ4v) is 6.38. The van der Waals surface area contributed by atoms with Gasteiger partial charge in [-0.05, 0) is 46.7 Å². The van der Waals surface area contributed by atoms with Crippen molar-refractivity contribution in [2.45, 2.75) is 89.6 Å². The van der Waals surface area contributed by atoms with Gasteiger partial charge in [0.05, 0.1) is 12.6 Å². The molecule has 4 aromatic rings. The molecule has 4 rings (SSSR count). The molecule has 1 aromatic heterocycles. The lowest BCUT2D eigenvalue weighted by atomic mass is 9.96. The van der Waals surface area contributed by atoms with Crippen molar-refractivity contribution in [1.29, 1.82) is 0 Å². The first-order valence-corrected chi connectivity index (χ1v) is 19.6. The summed E-state index contributed by atoms with van der Waals surface area (Å²) in [5, 5.41) is 43.7. The summed E-state index contributed by atoms with van der Waals surface area (Å²) < 4.78 is 0. The van der Waals surface area contributed by atoms with Gasteiger partial charge in [-0.15, -0.1) is 0 Å². The van der Waals surface area contributed by atoms with Crippen molar-refractivity contribution < 1.29 is 44.1 Å². The Morgan fingerprint density at radius 3 is 1.80 bits per heavy atom. The number of carboxylic acid groups (broad SMARTS) is 1. The van der Waals surface area contributed by atoms with Crippen LogP contribution in [0.1, 0.15) is 50.8 Å². The SMILES string of the molecule is CC[C@H](C)[C@H](NC(=O)[C@H](Cc1ccccc1)NC(=O)[C@H](CO)NC(=O)[C@@H](N)C(C)C)C(=O)N[C@@H](Cc1c[nH]c2ccccc12)C(=O)N[C@@H](Cc1ccc(O)cc1)C(=O)O. The van der Waals surface area contributed by atoms with Crippen molar-refractivity contribution >= 4 is 46.4 Å². The van der Waals surface area contributed by atoms with E-state index >= 15 is 0 Å². The molecular formula is C43H55N7O9. The van der Waals surface area contributed by atoms with Crippen LogP contribution in [-0.4, -0.2) is 98.7 Å². The third-order valence-electron chi connectivity index (χ3n) is 10.3. The number of H-pyrrole nitrogens is 1. The number of phenolic OH excluding ortho intramolecular Hbond substituents is 1. The highest BCUT2D eigenvalue weighted by Crippen LogP contribution is 2.20. The average molecular weight is 814 g/mol. The first-order valence-electron chi connectivity index (χ1n) is 19.6. The summed E-state index contributed by atoms with van der Waals surface area (Å²) in [5.41, 5.74) is 8.59. The number of carbonyl (C=O) groups is 6. The van der Waals surface area contributed by atoms with E-state index in [2.05, 4.69) is 31.6 Å². The number of phenols is 1. The number of aliphatic hydroxyl groups is 1. The Morgan fingerprint density at radius 2 is 1.17 bits per heavy atom. The Morgan fingerprint density at radius 1 is 0.644 bits per heavy atom. The van der Waals surface area contributed by atoms with Crippen molar-refractivity contribution in [3.63, 3.8) is 0 Å². The van der Waals surface area contributed by atoms with Crippen LogP contribution >= 0.6 is 0 Å². The monoisotopic (exact) mass is 813 g/mol. The van der Waals surface area contributed by atoms with Gasteiger partial charge in [0.15, 0.2) is 0 Å². The molecule has 0 fully saturated rings. The number of carbonyl (C=O) groups excluding carboxylic acids is 5. The lowest BCUT2D eigenvalue weighted by molar-refractivity contribution is -0.142. The van der Waals surface area contributed by atoms with Crippen molar-refractivity contribution in [2.24, 2.45) is 17.6 Å². The van der Waals surface area contributed by atoms with E-state index in [0.717, 1.165) is 10.9 Å². The molecule has 0 saturated carbocycles. The first kappa shape index (κ1) is 45.4. The molecule has 0 aliphatic rings. The number of para-hydroxylation sites is 1. The lowest BCUT2D eigenvalue weighted by Crippen LogP contribution is -2.61. The maximum Gasteiger partial charge on any atom is 0.326 e. The molecule has 1 heterocycles. The van der Waals surface area contributed by atoms with E-state index in [-0.39, 0.29) is 30.9 Å². The molecule has 11 N–H and O–H groups in total. The number of fused-ring (bicyclic) bond motifs is 1. The van der Waals surface area contributed by atoms with Crippen LogP contribution in [0.15, 0.2) is 85.1 Å². The van der Waals surface area contributed by atoms with Crippen LogP contribution in [0.5, 0.6) is 5.75 Å². The molecule has 0 bridgehead atoms. The zero-order valence-electron chi connectivity index (χ0n) is 33.6. The summed E-state index contributed by atoms with van der Waals surface area (Å²) in [6.45, 7) is 6.22. The number of nitrogens with one attached hydrogen (secondary N) is 6. The molecule has 16 heteroatoms. The number of hydrogen-bond acceptors (Lipinski definition) is 9. The second-order valence-electron chi connectivity index (χ2n) is 15.0. The molecule has 316 valence electrons. The predicted molar refractivity (Wildman–Crippen MR) is 221 cm³/mol. The number of aromatic nitrogens is 1. The van der Waals surface area contributed by atoms with Crippen molar-refractivity contribution in [3.8, 4) is 5.75 Å². The highest BCUT2D eigenvalue weighted by atomic mass is 16.4. The minimum absolute atomic E-state index is 0.00645. The van der Waals surface area contributed by atoms with Crippen molar-refractivity contribution in [2.75, 3.05) is 6.61 Å². The number of aromatic hydroxyl groups is 1. The maximum atomic E-state index is 14.3. The summed E-state index contributed by atoms with van der Waals surface area (Å²) in [4.78, 5) is 84.1. The zero-order chi connectivity index (χ0) is 43.2. The first-order chi connectivity index (χ1) is 28.1. The van der Waals surface area contributed by atoms with Gasteiger partial charge in [0.1, 0.15) is 36.0 Å². The van der Waals surface area contributed by atoms with E-state index in [9.17, 15) is 44.1 Å². The molecule has 0 radical (unpaired) electrons. The van der Waals surface area contributed by atoms with Crippen LogP contribution < -0.4 is 32.3 Å². The molecule has 3 aromatic carbocycles. The molecule has 0 saturated heterocycles. The molecule has 59 heavy (non-hydrogen) atoms. The van der Waals surface area contributed by atoms with Crippen LogP contribution in [-0.2, 0) is 48.0 Å². The Bertz CT molecular complexity index is 2050. The lowest BCUT2D eigenvalue weighted by Gasteiger charge is -2.29. The molecule has 0 aliphatic carbocycles. The van der Waals surface area contributed by atoms with E-state index in [1.807, 2.05) is 31.2 Å². The number of nitrogens with two attached hydrogens (primary N) is 1. The van der Waals surface area contributed by atoms with E-state index in [1.54, 1.807) is 57.3 Å². The van der Waals surface area contributed by atoms with E-state index in [4.69, 9.17) is 5.73 Å². The fourth-order valence-electron chi connectivity index (χ4n) is 6.38. The Hall–Kier alpha value is -6.26. The molecule has 7 atom stereocenters. The molecular weight excluding hydrogens is 759 g/mol. The summed E-state index contributed by atoms with van der Waals surface area (Å²) in [6.07, 6.45) is 1.94. The van der Waals surface area contributed by atoms with Crippen LogP contribution in [0.3, 0.4) is 0 Å². The maximum absolute atomic E-state index is 14.3. The largest absolute Gasteiger partial charge is 0.508 e. The number of rotatable bonds is 21. The van der Waals surface area contributed by atoms with Crippen LogP contribution in [0, 0.1) is 11.8 Å². The number of amides is 5. The smallest absolute Gasteiger partial charge is 0.326 e. The summed E-state index contributed by atoms with van der Waals surface area (Å²) in [6, 6.07) is 14.4. The third-order valence-corrected chi connectivity index (χ3v) is 10.3. The van der Waals surface area contributed by atoms with Crippen LogP contribution in [0.2, 0.25) is 0 Å². The number of benzene rings is 3. The summed E-state index contributed by atoms with van der Waals surface area (Å²) >= 11 is 0. The third kappa shape index (κ3) is 12.9. The van der Waals surface area contributed by atoms with Gasteiger partial charge < -0.3 is 52.6 Å². The summed E-state index contributed by atoms with van der Waals surface area (Å²) in [7, 11) is 0. The van der Waals surface area contributed by atoms with Gasteiger partial charge in [-0.3, -0.25) is 24.0 Å². The van der Waals surface area contributed by atoms with Crippen LogP contribution in [0.25, 0.3) is 10.9 Å². The average Bonchev–Trinajstić information content (AvgIpc) is 3.63.